The number of amides is 2. The number of rotatable bonds is 7. The summed E-state index contributed by atoms with van der Waals surface area (Å²) in [7, 11) is 0. The Balaban J connectivity index is 1.47. The molecule has 0 aromatic heterocycles. The highest BCUT2D eigenvalue weighted by atomic mass is 35.5. The average molecular weight is 451 g/mol. The number of carbonyl (C=O) groups excluding carboxylic acids is 3. The fourth-order valence-electron chi connectivity index (χ4n) is 3.03. The van der Waals surface area contributed by atoms with Crippen molar-refractivity contribution in [3.63, 3.8) is 0 Å². The third-order valence-corrected chi connectivity index (χ3v) is 5.08. The first-order valence-electron chi connectivity index (χ1n) is 9.27. The first-order valence-corrected chi connectivity index (χ1v) is 10.0. The summed E-state index contributed by atoms with van der Waals surface area (Å²) in [5.41, 5.74) is 1.30. The second-order valence-electron chi connectivity index (χ2n) is 6.67. The Hall–Kier alpha value is -2.77. The van der Waals surface area contributed by atoms with Crippen molar-refractivity contribution in [1.82, 2.24) is 5.32 Å². The van der Waals surface area contributed by atoms with Crippen LogP contribution in [-0.4, -0.2) is 37.5 Å². The number of anilines is 1. The van der Waals surface area contributed by atoms with Gasteiger partial charge in [-0.2, -0.15) is 0 Å². The van der Waals surface area contributed by atoms with Gasteiger partial charge in [0, 0.05) is 16.6 Å². The molecule has 1 unspecified atom stereocenters. The molecule has 2 aromatic rings. The van der Waals surface area contributed by atoms with E-state index in [9.17, 15) is 14.4 Å². The minimum absolute atomic E-state index is 0.0497. The highest BCUT2D eigenvalue weighted by Crippen LogP contribution is 2.31. The second kappa shape index (κ2) is 9.82. The Morgan fingerprint density at radius 2 is 2.00 bits per heavy atom. The molecule has 1 atom stereocenters. The van der Waals surface area contributed by atoms with Gasteiger partial charge < -0.3 is 19.7 Å². The molecule has 1 aliphatic heterocycles. The molecule has 0 aliphatic carbocycles. The van der Waals surface area contributed by atoms with E-state index in [1.165, 1.54) is 4.90 Å². The van der Waals surface area contributed by atoms with Crippen LogP contribution in [0, 0.1) is 0 Å². The number of para-hydroxylation sites is 2. The predicted octanol–water partition coefficient (Wildman–Crippen LogP) is 3.53. The SMILES string of the molecule is CC(NC(=O)COC(=O)CCN1C(=O)COc2ccccc21)c1ccc(Cl)cc1Cl. The standard InChI is InChI=1S/C21H20Cl2N2O5/c1-13(15-7-6-14(22)10-16(15)23)24-19(26)11-30-21(28)8-9-25-17-4-2-3-5-18(17)29-12-20(25)27/h2-7,10,13H,8-9,11-12H2,1H3,(H,24,26). The van der Waals surface area contributed by atoms with Crippen LogP contribution in [0.15, 0.2) is 42.5 Å². The zero-order chi connectivity index (χ0) is 21.7. The van der Waals surface area contributed by atoms with Gasteiger partial charge in [-0.25, -0.2) is 0 Å². The van der Waals surface area contributed by atoms with Crippen LogP contribution in [0.4, 0.5) is 5.69 Å². The summed E-state index contributed by atoms with van der Waals surface area (Å²) < 4.78 is 10.4. The number of benzene rings is 2. The third kappa shape index (κ3) is 5.43. The van der Waals surface area contributed by atoms with Crippen LogP contribution < -0.4 is 15.0 Å². The van der Waals surface area contributed by atoms with Gasteiger partial charge in [0.25, 0.3) is 11.8 Å². The lowest BCUT2D eigenvalue weighted by molar-refractivity contribution is -0.148. The molecule has 2 aromatic carbocycles. The van der Waals surface area contributed by atoms with Crippen molar-refractivity contribution in [2.24, 2.45) is 0 Å². The third-order valence-electron chi connectivity index (χ3n) is 4.52. The minimum atomic E-state index is -0.584. The Morgan fingerprint density at radius 3 is 2.77 bits per heavy atom. The van der Waals surface area contributed by atoms with Crippen molar-refractivity contribution in [3.8, 4) is 5.75 Å². The van der Waals surface area contributed by atoms with Crippen molar-refractivity contribution in [1.29, 1.82) is 0 Å². The molecule has 3 rings (SSSR count). The van der Waals surface area contributed by atoms with Gasteiger partial charge in [-0.3, -0.25) is 14.4 Å². The number of ether oxygens (including phenoxy) is 2. The summed E-state index contributed by atoms with van der Waals surface area (Å²) in [6.07, 6.45) is -0.0497. The molecule has 0 saturated heterocycles. The van der Waals surface area contributed by atoms with E-state index in [1.54, 1.807) is 49.4 Å². The minimum Gasteiger partial charge on any atom is -0.482 e. The van der Waals surface area contributed by atoms with E-state index in [-0.39, 0.29) is 31.5 Å². The molecule has 2 amide bonds. The molecule has 0 fully saturated rings. The summed E-state index contributed by atoms with van der Waals surface area (Å²) >= 11 is 12.0. The molecule has 0 saturated carbocycles. The number of esters is 1. The monoisotopic (exact) mass is 450 g/mol. The fourth-order valence-corrected chi connectivity index (χ4v) is 3.61. The molecule has 158 valence electrons. The van der Waals surface area contributed by atoms with E-state index < -0.39 is 18.5 Å². The van der Waals surface area contributed by atoms with Gasteiger partial charge in [0.15, 0.2) is 13.2 Å². The molecule has 7 nitrogen and oxygen atoms in total. The van der Waals surface area contributed by atoms with Crippen molar-refractivity contribution in [2.75, 3.05) is 24.7 Å². The fraction of sp³-hybridized carbons (Fsp3) is 0.286. The van der Waals surface area contributed by atoms with E-state index in [2.05, 4.69) is 5.32 Å². The summed E-state index contributed by atoms with van der Waals surface area (Å²) in [6.45, 7) is 1.38. The van der Waals surface area contributed by atoms with Gasteiger partial charge in [-0.05, 0) is 36.8 Å². The molecule has 0 radical (unpaired) electrons. The number of hydrogen-bond acceptors (Lipinski definition) is 5. The van der Waals surface area contributed by atoms with Crippen molar-refractivity contribution in [2.45, 2.75) is 19.4 Å². The van der Waals surface area contributed by atoms with Crippen molar-refractivity contribution < 1.29 is 23.9 Å². The van der Waals surface area contributed by atoms with Gasteiger partial charge in [0.1, 0.15) is 5.75 Å². The van der Waals surface area contributed by atoms with Crippen LogP contribution in [-0.2, 0) is 19.1 Å². The number of nitrogens with zero attached hydrogens (tertiary/aromatic N) is 1. The molecular formula is C21H20Cl2N2O5. The zero-order valence-electron chi connectivity index (χ0n) is 16.2. The van der Waals surface area contributed by atoms with Crippen LogP contribution in [0.5, 0.6) is 5.75 Å². The number of fused-ring (bicyclic) bond motifs is 1. The number of halogens is 2. The average Bonchev–Trinajstić information content (AvgIpc) is 2.71. The summed E-state index contributed by atoms with van der Waals surface area (Å²) in [5.74, 6) is -0.707. The van der Waals surface area contributed by atoms with Crippen molar-refractivity contribution in [3.05, 3.63) is 58.1 Å². The van der Waals surface area contributed by atoms with Crippen LogP contribution in [0.3, 0.4) is 0 Å². The molecule has 9 heteroatoms. The summed E-state index contributed by atoms with van der Waals surface area (Å²) in [6, 6.07) is 11.7. The largest absolute Gasteiger partial charge is 0.482 e. The topological polar surface area (TPSA) is 84.9 Å². The highest BCUT2D eigenvalue weighted by Gasteiger charge is 2.25. The smallest absolute Gasteiger partial charge is 0.308 e. The molecule has 1 N–H and O–H groups in total. The van der Waals surface area contributed by atoms with Crippen LogP contribution in [0.2, 0.25) is 10.0 Å². The molecule has 0 bridgehead atoms. The van der Waals surface area contributed by atoms with Gasteiger partial charge in [-0.1, -0.05) is 41.4 Å². The van der Waals surface area contributed by atoms with E-state index in [1.807, 2.05) is 0 Å². The highest BCUT2D eigenvalue weighted by molar-refractivity contribution is 6.35. The van der Waals surface area contributed by atoms with E-state index in [4.69, 9.17) is 32.7 Å². The lowest BCUT2D eigenvalue weighted by Gasteiger charge is -2.28. The van der Waals surface area contributed by atoms with Crippen LogP contribution >= 0.6 is 23.2 Å². The van der Waals surface area contributed by atoms with Crippen LogP contribution in [0.1, 0.15) is 24.9 Å². The van der Waals surface area contributed by atoms with Crippen LogP contribution in [0.25, 0.3) is 0 Å². The van der Waals surface area contributed by atoms with Gasteiger partial charge in [0.2, 0.25) is 0 Å². The molecular weight excluding hydrogens is 431 g/mol. The maximum atomic E-state index is 12.1. The van der Waals surface area contributed by atoms with Gasteiger partial charge in [-0.15, -0.1) is 0 Å². The molecule has 30 heavy (non-hydrogen) atoms. The molecule has 1 heterocycles. The Labute approximate surface area is 183 Å². The second-order valence-corrected chi connectivity index (χ2v) is 7.51. The van der Waals surface area contributed by atoms with Gasteiger partial charge >= 0.3 is 5.97 Å². The van der Waals surface area contributed by atoms with E-state index in [0.29, 0.717) is 27.0 Å². The van der Waals surface area contributed by atoms with E-state index in [0.717, 1.165) is 0 Å². The quantitative estimate of drug-likeness (QED) is 0.652. The summed E-state index contributed by atoms with van der Waals surface area (Å²) in [5, 5.41) is 3.64. The molecule has 0 spiro atoms. The normalized spacial score (nSPS) is 13.8. The lowest BCUT2D eigenvalue weighted by atomic mass is 10.1. The maximum Gasteiger partial charge on any atom is 0.308 e. The van der Waals surface area contributed by atoms with Crippen molar-refractivity contribution >= 4 is 46.7 Å². The Bertz CT molecular complexity index is 966. The zero-order valence-corrected chi connectivity index (χ0v) is 17.7. The molecule has 1 aliphatic rings. The first-order chi connectivity index (χ1) is 14.3. The van der Waals surface area contributed by atoms with E-state index >= 15 is 0 Å². The number of nitrogens with one attached hydrogen (secondary N) is 1. The Kier molecular flexibility index (Phi) is 7.18. The maximum absolute atomic E-state index is 12.1. The Morgan fingerprint density at radius 1 is 1.23 bits per heavy atom. The first kappa shape index (κ1) is 21.9. The lowest BCUT2D eigenvalue weighted by Crippen LogP contribution is -2.40. The predicted molar refractivity (Wildman–Crippen MR) is 113 cm³/mol. The number of hydrogen-bond donors (Lipinski definition) is 1. The number of carbonyl (C=O) groups is 3. The van der Waals surface area contributed by atoms with Gasteiger partial charge in [0.05, 0.1) is 18.2 Å². The summed E-state index contributed by atoms with van der Waals surface area (Å²) in [4.78, 5) is 37.7.